The molecule has 1 aromatic carbocycles. The molecule has 8 heteroatoms. The lowest BCUT2D eigenvalue weighted by Gasteiger charge is -2.27. The van der Waals surface area contributed by atoms with Gasteiger partial charge in [0.25, 0.3) is 0 Å². The zero-order valence-corrected chi connectivity index (χ0v) is 18.8. The van der Waals surface area contributed by atoms with Crippen molar-refractivity contribution in [2.45, 2.75) is 38.6 Å². The number of ether oxygens (including phenoxy) is 1. The number of carbonyl (C=O) groups is 1. The fourth-order valence-corrected chi connectivity index (χ4v) is 4.00. The number of halogens is 1. The molecule has 172 valence electrons. The van der Waals surface area contributed by atoms with Crippen molar-refractivity contribution in [2.75, 3.05) is 25.2 Å². The van der Waals surface area contributed by atoms with E-state index in [0.29, 0.717) is 22.8 Å². The molecule has 1 aliphatic carbocycles. The molecule has 0 radical (unpaired) electrons. The van der Waals surface area contributed by atoms with Gasteiger partial charge in [0.15, 0.2) is 11.6 Å². The predicted octanol–water partition coefficient (Wildman–Crippen LogP) is 3.17. The number of fused-ring (bicyclic) bond motifs is 1. The third kappa shape index (κ3) is 5.17. The summed E-state index contributed by atoms with van der Waals surface area (Å²) in [6, 6.07) is 9.14. The van der Waals surface area contributed by atoms with Gasteiger partial charge in [-0.2, -0.15) is 0 Å². The Bertz CT molecular complexity index is 1150. The summed E-state index contributed by atoms with van der Waals surface area (Å²) in [5, 5.41) is 9.00. The van der Waals surface area contributed by atoms with Crippen LogP contribution in [-0.4, -0.2) is 52.1 Å². The van der Waals surface area contributed by atoms with Crippen molar-refractivity contribution in [2.24, 2.45) is 0 Å². The molecule has 3 aromatic rings. The maximum absolute atomic E-state index is 13.5. The number of aliphatic hydroxyl groups is 1. The number of aromatic nitrogens is 3. The van der Waals surface area contributed by atoms with Crippen LogP contribution in [0.3, 0.4) is 0 Å². The molecule has 0 saturated heterocycles. The van der Waals surface area contributed by atoms with E-state index in [1.807, 2.05) is 18.9 Å². The monoisotopic (exact) mass is 450 g/mol. The van der Waals surface area contributed by atoms with Crippen LogP contribution in [0.4, 0.5) is 10.2 Å². The highest BCUT2D eigenvalue weighted by molar-refractivity contribution is 5.88. The van der Waals surface area contributed by atoms with Gasteiger partial charge in [-0.15, -0.1) is 0 Å². The van der Waals surface area contributed by atoms with Gasteiger partial charge in [0.2, 0.25) is 0 Å². The number of hydrogen-bond donors (Lipinski definition) is 1. The molecule has 0 fully saturated rings. The molecule has 0 saturated carbocycles. The normalized spacial score (nSPS) is 13.5. The SMILES string of the molecule is C[C@H](C(=O)Cc1cccc(F)c1)N(C)c1nc(-c2cc(OCCO)ccn2)nc2c1CCC2. The summed E-state index contributed by atoms with van der Waals surface area (Å²) in [6.45, 7) is 1.95. The predicted molar refractivity (Wildman–Crippen MR) is 123 cm³/mol. The maximum atomic E-state index is 13.5. The standard InChI is InChI=1S/C25H27FN4O3/c1-16(23(32)14-17-5-3-6-18(26)13-17)30(2)25-20-7-4-8-21(20)28-24(29-25)22-15-19(9-10-27-22)33-12-11-31/h3,5-6,9-10,13,15-16,31H,4,7-8,11-12,14H2,1-2H3/t16-/m1/s1. The van der Waals surface area contributed by atoms with Gasteiger partial charge in [-0.1, -0.05) is 12.1 Å². The number of hydrogen-bond acceptors (Lipinski definition) is 7. The highest BCUT2D eigenvalue weighted by atomic mass is 19.1. The van der Waals surface area contributed by atoms with Crippen molar-refractivity contribution in [1.29, 1.82) is 0 Å². The van der Waals surface area contributed by atoms with E-state index in [9.17, 15) is 9.18 Å². The smallest absolute Gasteiger partial charge is 0.180 e. The van der Waals surface area contributed by atoms with Crippen LogP contribution >= 0.6 is 0 Å². The van der Waals surface area contributed by atoms with E-state index in [-0.39, 0.29) is 31.2 Å². The minimum Gasteiger partial charge on any atom is -0.491 e. The number of rotatable bonds is 9. The van der Waals surface area contributed by atoms with E-state index in [2.05, 4.69) is 4.98 Å². The fourth-order valence-electron chi connectivity index (χ4n) is 4.00. The van der Waals surface area contributed by atoms with Crippen LogP contribution in [0.5, 0.6) is 5.75 Å². The second-order valence-electron chi connectivity index (χ2n) is 8.16. The molecule has 0 bridgehead atoms. The molecule has 2 aromatic heterocycles. The molecular weight excluding hydrogens is 423 g/mol. The molecule has 7 nitrogen and oxygen atoms in total. The van der Waals surface area contributed by atoms with E-state index in [0.717, 1.165) is 36.3 Å². The lowest BCUT2D eigenvalue weighted by molar-refractivity contribution is -0.119. The Balaban J connectivity index is 1.62. The van der Waals surface area contributed by atoms with Crippen molar-refractivity contribution in [3.05, 3.63) is 65.2 Å². The Morgan fingerprint density at radius 1 is 1.24 bits per heavy atom. The molecule has 0 spiro atoms. The highest BCUT2D eigenvalue weighted by Crippen LogP contribution is 2.32. The lowest BCUT2D eigenvalue weighted by atomic mass is 10.0. The number of Topliss-reactive ketones (excluding diaryl/α,β-unsaturated/α-hetero) is 1. The molecular formula is C25H27FN4O3. The summed E-state index contributed by atoms with van der Waals surface area (Å²) < 4.78 is 19.0. The quantitative estimate of drug-likeness (QED) is 0.536. The Morgan fingerprint density at radius 2 is 2.09 bits per heavy atom. The molecule has 33 heavy (non-hydrogen) atoms. The third-order valence-electron chi connectivity index (χ3n) is 5.88. The van der Waals surface area contributed by atoms with E-state index in [1.54, 1.807) is 30.5 Å². The van der Waals surface area contributed by atoms with Gasteiger partial charge >= 0.3 is 0 Å². The van der Waals surface area contributed by atoms with Crippen molar-refractivity contribution >= 4 is 11.6 Å². The molecule has 1 aliphatic rings. The van der Waals surface area contributed by atoms with Gasteiger partial charge in [0.1, 0.15) is 29.7 Å². The average molecular weight is 451 g/mol. The number of pyridine rings is 1. The number of benzene rings is 1. The Labute approximate surface area is 192 Å². The Kier molecular flexibility index (Phi) is 6.93. The largest absolute Gasteiger partial charge is 0.491 e. The summed E-state index contributed by atoms with van der Waals surface area (Å²) in [7, 11) is 1.85. The number of ketones is 1. The van der Waals surface area contributed by atoms with Crippen LogP contribution in [-0.2, 0) is 24.1 Å². The average Bonchev–Trinajstić information content (AvgIpc) is 3.30. The molecule has 4 rings (SSSR count). The minimum atomic E-state index is -0.451. The molecule has 2 heterocycles. The molecule has 0 aliphatic heterocycles. The summed E-state index contributed by atoms with van der Waals surface area (Å²) in [5.74, 6) is 1.39. The number of carbonyl (C=O) groups excluding carboxylic acids is 1. The lowest BCUT2D eigenvalue weighted by Crippen LogP contribution is -2.38. The summed E-state index contributed by atoms with van der Waals surface area (Å²) in [6.07, 6.45) is 4.44. The van der Waals surface area contributed by atoms with Gasteiger partial charge in [0.05, 0.1) is 12.6 Å². The first-order chi connectivity index (χ1) is 16.0. The van der Waals surface area contributed by atoms with Crippen LogP contribution in [0.15, 0.2) is 42.6 Å². The van der Waals surface area contributed by atoms with Crippen LogP contribution in [0, 0.1) is 5.82 Å². The maximum Gasteiger partial charge on any atom is 0.180 e. The summed E-state index contributed by atoms with van der Waals surface area (Å²) in [4.78, 5) is 28.8. The van der Waals surface area contributed by atoms with E-state index in [4.69, 9.17) is 19.8 Å². The number of likely N-dealkylation sites (N-methyl/N-ethyl adjacent to an activating group) is 1. The van der Waals surface area contributed by atoms with Crippen molar-refractivity contribution in [3.8, 4) is 17.3 Å². The van der Waals surface area contributed by atoms with E-state index in [1.165, 1.54) is 12.1 Å². The number of aryl methyl sites for hydroxylation is 1. The molecule has 0 amide bonds. The highest BCUT2D eigenvalue weighted by Gasteiger charge is 2.27. The fraction of sp³-hybridized carbons (Fsp3) is 0.360. The molecule has 1 N–H and O–H groups in total. The van der Waals surface area contributed by atoms with Crippen LogP contribution in [0.2, 0.25) is 0 Å². The zero-order chi connectivity index (χ0) is 23.4. The zero-order valence-electron chi connectivity index (χ0n) is 18.8. The van der Waals surface area contributed by atoms with Crippen LogP contribution in [0.25, 0.3) is 11.5 Å². The van der Waals surface area contributed by atoms with Crippen LogP contribution in [0.1, 0.15) is 30.2 Å². The van der Waals surface area contributed by atoms with Crippen molar-refractivity contribution in [1.82, 2.24) is 15.0 Å². The first-order valence-electron chi connectivity index (χ1n) is 11.1. The second kappa shape index (κ2) is 10.0. The van der Waals surface area contributed by atoms with Gasteiger partial charge in [-0.25, -0.2) is 14.4 Å². The first kappa shape index (κ1) is 22.8. The number of nitrogens with zero attached hydrogens (tertiary/aromatic N) is 4. The third-order valence-corrected chi connectivity index (χ3v) is 5.88. The minimum absolute atomic E-state index is 0.0208. The van der Waals surface area contributed by atoms with Gasteiger partial charge in [-0.05, 0) is 49.9 Å². The summed E-state index contributed by atoms with van der Waals surface area (Å²) in [5.41, 5.74) is 3.24. The van der Waals surface area contributed by atoms with Gasteiger partial charge < -0.3 is 14.7 Å². The Hall–Kier alpha value is -3.39. The molecule has 0 unspecified atom stereocenters. The van der Waals surface area contributed by atoms with Gasteiger partial charge in [-0.3, -0.25) is 9.78 Å². The van der Waals surface area contributed by atoms with Crippen LogP contribution < -0.4 is 9.64 Å². The van der Waals surface area contributed by atoms with Crippen molar-refractivity contribution < 1.29 is 19.0 Å². The van der Waals surface area contributed by atoms with E-state index >= 15 is 0 Å². The Morgan fingerprint density at radius 3 is 2.88 bits per heavy atom. The summed E-state index contributed by atoms with van der Waals surface area (Å²) >= 11 is 0. The van der Waals surface area contributed by atoms with Crippen molar-refractivity contribution in [3.63, 3.8) is 0 Å². The number of aliphatic hydroxyl groups excluding tert-OH is 1. The second-order valence-corrected chi connectivity index (χ2v) is 8.16. The topological polar surface area (TPSA) is 88.4 Å². The molecule has 1 atom stereocenters. The first-order valence-corrected chi connectivity index (χ1v) is 11.1. The van der Waals surface area contributed by atoms with Gasteiger partial charge in [0, 0.05) is 37.0 Å². The van der Waals surface area contributed by atoms with E-state index < -0.39 is 6.04 Å². The number of anilines is 1.